The van der Waals surface area contributed by atoms with Crippen LogP contribution in [-0.2, 0) is 0 Å². The Morgan fingerprint density at radius 2 is 2.18 bits per heavy atom. The van der Waals surface area contributed by atoms with E-state index >= 15 is 0 Å². The minimum atomic E-state index is -1.09. The monoisotopic (exact) mass is 240 g/mol. The molecule has 1 saturated carbocycles. The third-order valence-corrected chi connectivity index (χ3v) is 3.08. The summed E-state index contributed by atoms with van der Waals surface area (Å²) in [4.78, 5) is 14.4. The zero-order valence-corrected chi connectivity index (χ0v) is 9.43. The van der Waals surface area contributed by atoms with Crippen molar-refractivity contribution < 1.29 is 19.4 Å². The van der Waals surface area contributed by atoms with Gasteiger partial charge in [-0.2, -0.15) is 4.98 Å². The summed E-state index contributed by atoms with van der Waals surface area (Å²) in [7, 11) is 0. The molecule has 0 radical (unpaired) electrons. The maximum Gasteiger partial charge on any atom is 0.357 e. The molecule has 0 spiro atoms. The number of aliphatic hydroxyl groups is 1. The summed E-state index contributed by atoms with van der Waals surface area (Å²) in [6.45, 7) is 0.701. The van der Waals surface area contributed by atoms with Gasteiger partial charge < -0.3 is 19.9 Å². The molecule has 0 aromatic carbocycles. The van der Waals surface area contributed by atoms with Crippen LogP contribution < -0.4 is 5.32 Å². The Hall–Kier alpha value is -1.56. The minimum absolute atomic E-state index is 0.0911. The Morgan fingerprint density at radius 1 is 1.47 bits per heavy atom. The molecule has 0 bridgehead atoms. The van der Waals surface area contributed by atoms with E-state index in [0.29, 0.717) is 12.5 Å². The number of oxazole rings is 1. The molecule has 1 aromatic rings. The number of nitrogens with one attached hydrogen (secondary N) is 1. The minimum Gasteiger partial charge on any atom is -0.476 e. The van der Waals surface area contributed by atoms with Crippen molar-refractivity contribution in [1.82, 2.24) is 4.98 Å². The highest BCUT2D eigenvalue weighted by atomic mass is 16.4. The predicted molar refractivity (Wildman–Crippen MR) is 59.9 cm³/mol. The lowest BCUT2D eigenvalue weighted by molar-refractivity contribution is 0.0690. The molecule has 1 aromatic heterocycles. The van der Waals surface area contributed by atoms with Gasteiger partial charge in [0.05, 0.1) is 6.10 Å². The number of nitrogens with zero attached hydrogens (tertiary/aromatic N) is 1. The normalized spacial score (nSPS) is 24.5. The topological polar surface area (TPSA) is 95.6 Å². The zero-order chi connectivity index (χ0) is 12.3. The molecule has 0 amide bonds. The van der Waals surface area contributed by atoms with E-state index in [4.69, 9.17) is 9.52 Å². The van der Waals surface area contributed by atoms with Gasteiger partial charge in [-0.25, -0.2) is 4.79 Å². The Morgan fingerprint density at radius 3 is 2.76 bits per heavy atom. The zero-order valence-electron chi connectivity index (χ0n) is 9.43. The highest BCUT2D eigenvalue weighted by Gasteiger charge is 2.19. The Kier molecular flexibility index (Phi) is 3.63. The molecule has 0 unspecified atom stereocenters. The van der Waals surface area contributed by atoms with Gasteiger partial charge in [-0.1, -0.05) is 0 Å². The molecule has 0 atom stereocenters. The lowest BCUT2D eigenvalue weighted by Crippen LogP contribution is -2.23. The van der Waals surface area contributed by atoms with Crippen LogP contribution in [0.3, 0.4) is 0 Å². The van der Waals surface area contributed by atoms with Crippen molar-refractivity contribution in [3.05, 3.63) is 12.0 Å². The Bertz CT molecular complexity index is 383. The van der Waals surface area contributed by atoms with Crippen LogP contribution in [0.4, 0.5) is 6.01 Å². The van der Waals surface area contributed by atoms with E-state index in [9.17, 15) is 9.90 Å². The van der Waals surface area contributed by atoms with E-state index in [-0.39, 0.29) is 17.8 Å². The molecule has 2 rings (SSSR count). The molecule has 3 N–H and O–H groups in total. The van der Waals surface area contributed by atoms with E-state index in [2.05, 4.69) is 10.3 Å². The molecule has 17 heavy (non-hydrogen) atoms. The van der Waals surface area contributed by atoms with Gasteiger partial charge in [0, 0.05) is 6.54 Å². The van der Waals surface area contributed by atoms with Crippen LogP contribution in [0.5, 0.6) is 0 Å². The van der Waals surface area contributed by atoms with Crippen molar-refractivity contribution >= 4 is 12.0 Å². The van der Waals surface area contributed by atoms with Gasteiger partial charge in [-0.3, -0.25) is 0 Å². The molecule has 6 nitrogen and oxygen atoms in total. The van der Waals surface area contributed by atoms with Gasteiger partial charge in [-0.15, -0.1) is 0 Å². The summed E-state index contributed by atoms with van der Waals surface area (Å²) < 4.78 is 4.99. The summed E-state index contributed by atoms with van der Waals surface area (Å²) in [6.07, 6.45) is 4.57. The maximum atomic E-state index is 10.6. The van der Waals surface area contributed by atoms with Crippen molar-refractivity contribution in [2.24, 2.45) is 5.92 Å². The fourth-order valence-corrected chi connectivity index (χ4v) is 2.03. The largest absolute Gasteiger partial charge is 0.476 e. The molecule has 1 fully saturated rings. The van der Waals surface area contributed by atoms with E-state index in [1.807, 2.05) is 0 Å². The highest BCUT2D eigenvalue weighted by Crippen LogP contribution is 2.24. The first-order chi connectivity index (χ1) is 8.15. The standard InChI is InChI=1S/C11H16N2O4/c14-8-3-1-7(2-4-8)5-12-11-13-9(6-17-11)10(15)16/h6-8,14H,1-5H2,(H,12,13)(H,15,16). The van der Waals surface area contributed by atoms with Crippen molar-refractivity contribution in [3.63, 3.8) is 0 Å². The molecule has 1 aliphatic rings. The van der Waals surface area contributed by atoms with E-state index < -0.39 is 5.97 Å². The van der Waals surface area contributed by atoms with Crippen LogP contribution in [0.1, 0.15) is 36.2 Å². The van der Waals surface area contributed by atoms with Crippen LogP contribution in [0.15, 0.2) is 10.7 Å². The van der Waals surface area contributed by atoms with Crippen LogP contribution in [-0.4, -0.2) is 33.8 Å². The lowest BCUT2D eigenvalue weighted by Gasteiger charge is -2.25. The average Bonchev–Trinajstić information content (AvgIpc) is 2.77. The van der Waals surface area contributed by atoms with Crippen molar-refractivity contribution in [3.8, 4) is 0 Å². The van der Waals surface area contributed by atoms with Crippen LogP contribution in [0, 0.1) is 5.92 Å². The number of aliphatic hydroxyl groups excluding tert-OH is 1. The van der Waals surface area contributed by atoms with Gasteiger partial charge in [-0.05, 0) is 31.6 Å². The fraction of sp³-hybridized carbons (Fsp3) is 0.636. The molecule has 0 aliphatic heterocycles. The van der Waals surface area contributed by atoms with Crippen LogP contribution in [0.25, 0.3) is 0 Å². The second kappa shape index (κ2) is 5.18. The Balaban J connectivity index is 1.79. The third-order valence-electron chi connectivity index (χ3n) is 3.08. The number of hydrogen-bond donors (Lipinski definition) is 3. The predicted octanol–water partition coefficient (Wildman–Crippen LogP) is 1.34. The number of carboxylic acids is 1. The van der Waals surface area contributed by atoms with Crippen molar-refractivity contribution in [2.45, 2.75) is 31.8 Å². The van der Waals surface area contributed by atoms with Gasteiger partial charge in [0.25, 0.3) is 6.01 Å². The van der Waals surface area contributed by atoms with E-state index in [0.717, 1.165) is 31.9 Å². The quantitative estimate of drug-likeness (QED) is 0.735. The van der Waals surface area contributed by atoms with Crippen molar-refractivity contribution in [2.75, 3.05) is 11.9 Å². The second-order valence-electron chi connectivity index (χ2n) is 4.40. The number of hydrogen-bond acceptors (Lipinski definition) is 5. The van der Waals surface area contributed by atoms with Gasteiger partial charge in [0.1, 0.15) is 6.26 Å². The summed E-state index contributed by atoms with van der Waals surface area (Å²) in [6, 6.07) is 0.244. The van der Waals surface area contributed by atoms with Gasteiger partial charge >= 0.3 is 5.97 Å². The fourth-order valence-electron chi connectivity index (χ4n) is 2.03. The number of aromatic nitrogens is 1. The number of anilines is 1. The SMILES string of the molecule is O=C(O)c1coc(NCC2CCC(O)CC2)n1. The average molecular weight is 240 g/mol. The number of rotatable bonds is 4. The maximum absolute atomic E-state index is 10.6. The number of aromatic carboxylic acids is 1. The molecule has 1 heterocycles. The second-order valence-corrected chi connectivity index (χ2v) is 4.40. The molecule has 0 saturated heterocycles. The molecular formula is C11H16N2O4. The first-order valence-electron chi connectivity index (χ1n) is 5.76. The molecule has 94 valence electrons. The van der Waals surface area contributed by atoms with Crippen molar-refractivity contribution in [1.29, 1.82) is 0 Å². The number of carbonyl (C=O) groups is 1. The smallest absolute Gasteiger partial charge is 0.357 e. The number of carboxylic acid groups (broad SMARTS) is 1. The van der Waals surface area contributed by atoms with Gasteiger partial charge in [0.15, 0.2) is 5.69 Å². The molecule has 6 heteroatoms. The lowest BCUT2D eigenvalue weighted by atomic mass is 9.87. The molecular weight excluding hydrogens is 224 g/mol. The summed E-state index contributed by atoms with van der Waals surface area (Å²) in [5, 5.41) is 21.0. The summed E-state index contributed by atoms with van der Waals surface area (Å²) >= 11 is 0. The van der Waals surface area contributed by atoms with Crippen LogP contribution >= 0.6 is 0 Å². The van der Waals surface area contributed by atoms with E-state index in [1.165, 1.54) is 0 Å². The van der Waals surface area contributed by atoms with Gasteiger partial charge in [0.2, 0.25) is 0 Å². The summed E-state index contributed by atoms with van der Waals surface area (Å²) in [5.74, 6) is -0.610. The third kappa shape index (κ3) is 3.20. The summed E-state index contributed by atoms with van der Waals surface area (Å²) in [5.41, 5.74) is -0.0911. The molecule has 1 aliphatic carbocycles. The van der Waals surface area contributed by atoms with E-state index in [1.54, 1.807) is 0 Å². The first-order valence-corrected chi connectivity index (χ1v) is 5.76. The van der Waals surface area contributed by atoms with Crippen LogP contribution in [0.2, 0.25) is 0 Å². The highest BCUT2D eigenvalue weighted by molar-refractivity contribution is 5.85. The Labute approximate surface area is 98.7 Å². The first kappa shape index (κ1) is 11.9.